The number of benzene rings is 2. The minimum atomic E-state index is -0.599. The second-order valence-corrected chi connectivity index (χ2v) is 4.93. The average molecular weight is 324 g/mol. The Bertz CT molecular complexity index is 708. The smallest absolute Gasteiger partial charge is 0.323 e. The van der Waals surface area contributed by atoms with Crippen molar-refractivity contribution in [3.05, 3.63) is 58.9 Å². The average Bonchev–Trinajstić information content (AvgIpc) is 2.41. The predicted octanol–water partition coefficient (Wildman–Crippen LogP) is 3.76. The summed E-state index contributed by atoms with van der Waals surface area (Å²) >= 11 is 10.7. The van der Waals surface area contributed by atoms with Gasteiger partial charge in [-0.25, -0.2) is 9.18 Å². The van der Waals surface area contributed by atoms with Crippen molar-refractivity contribution in [3.63, 3.8) is 0 Å². The molecular formula is C14H11ClFN3OS. The fraction of sp³-hybridized carbons (Fsp3) is 0. The maximum absolute atomic E-state index is 13.7. The van der Waals surface area contributed by atoms with Gasteiger partial charge in [0.2, 0.25) is 0 Å². The van der Waals surface area contributed by atoms with Crippen molar-refractivity contribution < 1.29 is 9.18 Å². The SMILES string of the molecule is NC(=S)c1c(F)cccc1NC(=O)Nc1ccccc1Cl. The molecule has 0 aromatic heterocycles. The fourth-order valence-electron chi connectivity index (χ4n) is 1.72. The van der Waals surface area contributed by atoms with Crippen molar-refractivity contribution in [3.8, 4) is 0 Å². The first-order chi connectivity index (χ1) is 9.99. The van der Waals surface area contributed by atoms with E-state index in [1.807, 2.05) is 0 Å². The van der Waals surface area contributed by atoms with Crippen LogP contribution in [0, 0.1) is 5.82 Å². The molecule has 0 aliphatic heterocycles. The Morgan fingerprint density at radius 1 is 1.10 bits per heavy atom. The molecule has 0 spiro atoms. The van der Waals surface area contributed by atoms with Crippen LogP contribution in [0.3, 0.4) is 0 Å². The fourth-order valence-corrected chi connectivity index (χ4v) is 2.11. The van der Waals surface area contributed by atoms with Crippen molar-refractivity contribution in [2.75, 3.05) is 10.6 Å². The van der Waals surface area contributed by atoms with Crippen LogP contribution >= 0.6 is 23.8 Å². The van der Waals surface area contributed by atoms with Gasteiger partial charge in [-0.3, -0.25) is 0 Å². The summed E-state index contributed by atoms with van der Waals surface area (Å²) in [6.07, 6.45) is 0. The standard InChI is InChI=1S/C14H11ClFN3OS/c15-8-4-1-2-6-10(8)18-14(20)19-11-7-3-5-9(16)12(11)13(17)21/h1-7H,(H2,17,21)(H2,18,19,20). The van der Waals surface area contributed by atoms with E-state index in [2.05, 4.69) is 10.6 Å². The molecule has 0 unspecified atom stereocenters. The Hall–Kier alpha value is -2.18. The second-order valence-electron chi connectivity index (χ2n) is 4.09. The third-order valence-corrected chi connectivity index (χ3v) is 3.16. The largest absolute Gasteiger partial charge is 0.389 e. The van der Waals surface area contributed by atoms with E-state index in [0.29, 0.717) is 10.7 Å². The molecule has 4 nitrogen and oxygen atoms in total. The summed E-state index contributed by atoms with van der Waals surface area (Å²) in [5, 5.41) is 5.44. The van der Waals surface area contributed by atoms with E-state index < -0.39 is 11.8 Å². The van der Waals surface area contributed by atoms with E-state index in [1.54, 1.807) is 24.3 Å². The molecule has 108 valence electrons. The lowest BCUT2D eigenvalue weighted by Gasteiger charge is -2.12. The van der Waals surface area contributed by atoms with Crippen LogP contribution in [0.4, 0.5) is 20.6 Å². The summed E-state index contributed by atoms with van der Waals surface area (Å²) in [5.74, 6) is -0.599. The van der Waals surface area contributed by atoms with Gasteiger partial charge in [0.1, 0.15) is 10.8 Å². The summed E-state index contributed by atoms with van der Waals surface area (Å²) in [7, 11) is 0. The molecule has 2 rings (SSSR count). The van der Waals surface area contributed by atoms with Crippen LogP contribution in [0.25, 0.3) is 0 Å². The molecule has 0 aliphatic rings. The van der Waals surface area contributed by atoms with E-state index in [-0.39, 0.29) is 16.2 Å². The molecule has 2 aromatic carbocycles. The number of urea groups is 1. The highest BCUT2D eigenvalue weighted by Gasteiger charge is 2.13. The van der Waals surface area contributed by atoms with Gasteiger partial charge in [-0.05, 0) is 24.3 Å². The quantitative estimate of drug-likeness (QED) is 0.753. The highest BCUT2D eigenvalue weighted by molar-refractivity contribution is 7.80. The number of nitrogens with one attached hydrogen (secondary N) is 2. The zero-order chi connectivity index (χ0) is 15.4. The van der Waals surface area contributed by atoms with Crippen molar-refractivity contribution in [1.82, 2.24) is 0 Å². The van der Waals surface area contributed by atoms with Crippen molar-refractivity contribution in [2.24, 2.45) is 5.73 Å². The number of hydrogen-bond acceptors (Lipinski definition) is 2. The lowest BCUT2D eigenvalue weighted by Crippen LogP contribution is -2.23. The van der Waals surface area contributed by atoms with E-state index in [4.69, 9.17) is 29.6 Å². The molecule has 21 heavy (non-hydrogen) atoms. The highest BCUT2D eigenvalue weighted by Crippen LogP contribution is 2.22. The molecular weight excluding hydrogens is 313 g/mol. The van der Waals surface area contributed by atoms with Crippen molar-refractivity contribution in [1.29, 1.82) is 0 Å². The number of carbonyl (C=O) groups is 1. The lowest BCUT2D eigenvalue weighted by atomic mass is 10.1. The Labute approximate surface area is 131 Å². The third kappa shape index (κ3) is 3.68. The van der Waals surface area contributed by atoms with Crippen LogP contribution in [0.5, 0.6) is 0 Å². The third-order valence-electron chi connectivity index (χ3n) is 2.63. The minimum absolute atomic E-state index is 0.0122. The molecule has 2 aromatic rings. The van der Waals surface area contributed by atoms with Gasteiger partial charge in [-0.15, -0.1) is 0 Å². The summed E-state index contributed by atoms with van der Waals surface area (Å²) in [6.45, 7) is 0. The summed E-state index contributed by atoms with van der Waals surface area (Å²) in [6, 6.07) is 10.3. The molecule has 4 N–H and O–H groups in total. The van der Waals surface area contributed by atoms with Gasteiger partial charge < -0.3 is 16.4 Å². The predicted molar refractivity (Wildman–Crippen MR) is 86.4 cm³/mol. The first-order valence-electron chi connectivity index (χ1n) is 5.90. The molecule has 0 aliphatic carbocycles. The van der Waals surface area contributed by atoms with Gasteiger partial charge in [0.15, 0.2) is 0 Å². The van der Waals surface area contributed by atoms with Gasteiger partial charge in [0.05, 0.1) is 22.0 Å². The first-order valence-corrected chi connectivity index (χ1v) is 6.68. The highest BCUT2D eigenvalue weighted by atomic mass is 35.5. The summed E-state index contributed by atoms with van der Waals surface area (Å²) in [4.78, 5) is 11.8. The number of thiocarbonyl (C=S) groups is 1. The number of halogens is 2. The number of carbonyl (C=O) groups excluding carboxylic acids is 1. The van der Waals surface area contributed by atoms with Gasteiger partial charge in [0.25, 0.3) is 0 Å². The normalized spacial score (nSPS) is 10.0. The molecule has 2 amide bonds. The van der Waals surface area contributed by atoms with Crippen LogP contribution < -0.4 is 16.4 Å². The number of nitrogens with two attached hydrogens (primary N) is 1. The Morgan fingerprint density at radius 2 is 1.71 bits per heavy atom. The van der Waals surface area contributed by atoms with Gasteiger partial charge in [-0.2, -0.15) is 0 Å². The van der Waals surface area contributed by atoms with Crippen LogP contribution in [0.1, 0.15) is 5.56 Å². The number of amides is 2. The van der Waals surface area contributed by atoms with E-state index >= 15 is 0 Å². The maximum Gasteiger partial charge on any atom is 0.323 e. The van der Waals surface area contributed by atoms with Crippen LogP contribution in [0.2, 0.25) is 5.02 Å². The molecule has 0 fully saturated rings. The summed E-state index contributed by atoms with van der Waals surface area (Å²) in [5.41, 5.74) is 6.08. The van der Waals surface area contributed by atoms with Gasteiger partial charge in [0, 0.05) is 0 Å². The topological polar surface area (TPSA) is 67.1 Å². The van der Waals surface area contributed by atoms with Crippen LogP contribution in [-0.4, -0.2) is 11.0 Å². The maximum atomic E-state index is 13.7. The Balaban J connectivity index is 2.19. The van der Waals surface area contributed by atoms with Gasteiger partial charge in [-0.1, -0.05) is 42.0 Å². The second kappa shape index (κ2) is 6.51. The Kier molecular flexibility index (Phi) is 4.72. The Morgan fingerprint density at radius 3 is 2.38 bits per heavy atom. The molecule has 7 heteroatoms. The van der Waals surface area contributed by atoms with E-state index in [0.717, 1.165) is 0 Å². The molecule has 0 saturated carbocycles. The number of rotatable bonds is 3. The monoisotopic (exact) mass is 323 g/mol. The molecule has 0 atom stereocenters. The van der Waals surface area contributed by atoms with Gasteiger partial charge >= 0.3 is 6.03 Å². The molecule has 0 radical (unpaired) electrons. The number of hydrogen-bond donors (Lipinski definition) is 3. The molecule has 0 heterocycles. The van der Waals surface area contributed by atoms with Crippen LogP contribution in [-0.2, 0) is 0 Å². The molecule has 0 bridgehead atoms. The van der Waals surface area contributed by atoms with E-state index in [9.17, 15) is 9.18 Å². The minimum Gasteiger partial charge on any atom is -0.389 e. The zero-order valence-corrected chi connectivity index (χ0v) is 12.3. The van der Waals surface area contributed by atoms with Crippen molar-refractivity contribution >= 4 is 46.2 Å². The molecule has 0 saturated heterocycles. The summed E-state index contributed by atoms with van der Waals surface area (Å²) < 4.78 is 13.7. The number of para-hydroxylation sites is 1. The van der Waals surface area contributed by atoms with Crippen LogP contribution in [0.15, 0.2) is 42.5 Å². The number of anilines is 2. The zero-order valence-electron chi connectivity index (χ0n) is 10.7. The van der Waals surface area contributed by atoms with E-state index in [1.165, 1.54) is 18.2 Å². The lowest BCUT2D eigenvalue weighted by molar-refractivity contribution is 0.262. The van der Waals surface area contributed by atoms with Crippen molar-refractivity contribution in [2.45, 2.75) is 0 Å². The first kappa shape index (κ1) is 15.2.